The Balaban J connectivity index is 1.77. The van der Waals surface area contributed by atoms with E-state index < -0.39 is 0 Å². The molecule has 2 aliphatic rings. The number of hydrogen-bond donors (Lipinski definition) is 1. The second kappa shape index (κ2) is 6.10. The molecule has 112 valence electrons. The molecule has 1 aromatic rings. The first-order chi connectivity index (χ1) is 10.2. The van der Waals surface area contributed by atoms with Crippen LogP contribution in [-0.4, -0.2) is 40.8 Å². The summed E-state index contributed by atoms with van der Waals surface area (Å²) in [5.41, 5.74) is 2.66. The maximum Gasteiger partial charge on any atom is 0.253 e. The first-order valence-corrected chi connectivity index (χ1v) is 8.56. The van der Waals surface area contributed by atoms with E-state index in [4.69, 9.17) is 0 Å². The van der Waals surface area contributed by atoms with Crippen LogP contribution in [0.5, 0.6) is 0 Å². The topological polar surface area (TPSA) is 49.4 Å². The van der Waals surface area contributed by atoms with Gasteiger partial charge in [-0.3, -0.25) is 9.59 Å². The van der Waals surface area contributed by atoms with Gasteiger partial charge in [-0.2, -0.15) is 11.8 Å². The molecule has 1 fully saturated rings. The monoisotopic (exact) mass is 304 g/mol. The zero-order valence-corrected chi connectivity index (χ0v) is 13.0. The van der Waals surface area contributed by atoms with Crippen LogP contribution in [0.4, 0.5) is 5.69 Å². The molecule has 2 heterocycles. The molecule has 1 aromatic carbocycles. The van der Waals surface area contributed by atoms with Crippen molar-refractivity contribution in [2.75, 3.05) is 24.2 Å². The number of fused-ring (bicyclic) bond motifs is 1. The third-order valence-corrected chi connectivity index (χ3v) is 5.50. The number of amides is 2. The van der Waals surface area contributed by atoms with Gasteiger partial charge in [-0.15, -0.1) is 0 Å². The molecule has 2 aliphatic heterocycles. The van der Waals surface area contributed by atoms with Crippen molar-refractivity contribution in [3.8, 4) is 0 Å². The van der Waals surface area contributed by atoms with E-state index in [-0.39, 0.29) is 11.8 Å². The second-order valence-corrected chi connectivity index (χ2v) is 6.98. The first-order valence-electron chi connectivity index (χ1n) is 7.51. The van der Waals surface area contributed by atoms with Gasteiger partial charge in [0.25, 0.3) is 5.91 Å². The van der Waals surface area contributed by atoms with E-state index in [1.54, 1.807) is 0 Å². The third kappa shape index (κ3) is 3.07. The van der Waals surface area contributed by atoms with Crippen molar-refractivity contribution < 1.29 is 9.59 Å². The summed E-state index contributed by atoms with van der Waals surface area (Å²) in [6.07, 6.45) is 2.32. The Labute approximate surface area is 129 Å². The van der Waals surface area contributed by atoms with Crippen molar-refractivity contribution in [3.63, 3.8) is 0 Å². The van der Waals surface area contributed by atoms with E-state index in [1.165, 1.54) is 0 Å². The second-order valence-electron chi connectivity index (χ2n) is 5.57. The summed E-state index contributed by atoms with van der Waals surface area (Å²) in [5, 5.41) is 3.41. The number of carbonyl (C=O) groups is 2. The molecule has 0 spiro atoms. The number of benzene rings is 1. The van der Waals surface area contributed by atoms with Gasteiger partial charge in [0.05, 0.1) is 0 Å². The molecule has 1 unspecified atom stereocenters. The van der Waals surface area contributed by atoms with Crippen molar-refractivity contribution >= 4 is 29.3 Å². The predicted octanol–water partition coefficient (Wildman–Crippen LogP) is 2.54. The molecule has 3 rings (SSSR count). The van der Waals surface area contributed by atoms with Crippen molar-refractivity contribution in [1.82, 2.24) is 4.90 Å². The highest BCUT2D eigenvalue weighted by Crippen LogP contribution is 2.26. The van der Waals surface area contributed by atoms with Gasteiger partial charge in [-0.1, -0.05) is 6.92 Å². The summed E-state index contributed by atoms with van der Waals surface area (Å²) in [6, 6.07) is 5.63. The standard InChI is InChI=1S/C16H20N2O2S/c1-2-13-10-18(7-8-21-13)16(20)12-3-5-14-11(9-12)4-6-15(19)17-14/h3,5,9,13H,2,4,6-8,10H2,1H3,(H,17,19). The lowest BCUT2D eigenvalue weighted by atomic mass is 10.00. The van der Waals surface area contributed by atoms with Crippen LogP contribution in [0.25, 0.3) is 0 Å². The van der Waals surface area contributed by atoms with Crippen LogP contribution in [0.1, 0.15) is 35.7 Å². The SMILES string of the molecule is CCC1CN(C(=O)c2ccc3c(c2)CCC(=O)N3)CCS1. The molecule has 1 N–H and O–H groups in total. The Bertz CT molecular complexity index is 573. The van der Waals surface area contributed by atoms with Gasteiger partial charge in [0.15, 0.2) is 0 Å². The quantitative estimate of drug-likeness (QED) is 0.913. The van der Waals surface area contributed by atoms with Gasteiger partial charge in [0.1, 0.15) is 0 Å². The molecule has 1 atom stereocenters. The average Bonchev–Trinajstić information content (AvgIpc) is 2.53. The number of thioether (sulfide) groups is 1. The maximum atomic E-state index is 12.6. The number of carbonyl (C=O) groups excluding carboxylic acids is 2. The molecule has 1 saturated heterocycles. The van der Waals surface area contributed by atoms with Crippen LogP contribution in [0.3, 0.4) is 0 Å². The Kier molecular flexibility index (Phi) is 4.19. The number of anilines is 1. The molecular formula is C16H20N2O2S. The maximum absolute atomic E-state index is 12.6. The molecule has 0 bridgehead atoms. The van der Waals surface area contributed by atoms with Crippen molar-refractivity contribution in [3.05, 3.63) is 29.3 Å². The Hall–Kier alpha value is -1.49. The highest BCUT2D eigenvalue weighted by Gasteiger charge is 2.25. The van der Waals surface area contributed by atoms with E-state index in [0.717, 1.165) is 48.5 Å². The third-order valence-electron chi connectivity index (χ3n) is 4.13. The molecule has 4 nitrogen and oxygen atoms in total. The van der Waals surface area contributed by atoms with Gasteiger partial charge in [-0.05, 0) is 36.6 Å². The molecule has 5 heteroatoms. The van der Waals surface area contributed by atoms with Gasteiger partial charge in [0, 0.05) is 41.8 Å². The van der Waals surface area contributed by atoms with Crippen LogP contribution in [0, 0.1) is 0 Å². The van der Waals surface area contributed by atoms with E-state index in [9.17, 15) is 9.59 Å². The minimum absolute atomic E-state index is 0.0559. The van der Waals surface area contributed by atoms with Crippen LogP contribution in [0.15, 0.2) is 18.2 Å². The Morgan fingerprint density at radius 2 is 2.29 bits per heavy atom. The zero-order chi connectivity index (χ0) is 14.8. The predicted molar refractivity (Wildman–Crippen MR) is 85.8 cm³/mol. The molecule has 0 aromatic heterocycles. The summed E-state index contributed by atoms with van der Waals surface area (Å²) < 4.78 is 0. The number of rotatable bonds is 2. The number of nitrogens with zero attached hydrogens (tertiary/aromatic N) is 1. The highest BCUT2D eigenvalue weighted by molar-refractivity contribution is 8.00. The lowest BCUT2D eigenvalue weighted by Gasteiger charge is -2.32. The fraction of sp³-hybridized carbons (Fsp3) is 0.500. The van der Waals surface area contributed by atoms with Gasteiger partial charge in [-0.25, -0.2) is 0 Å². The normalized spacial score (nSPS) is 21.7. The van der Waals surface area contributed by atoms with E-state index in [1.807, 2.05) is 34.9 Å². The summed E-state index contributed by atoms with van der Waals surface area (Å²) >= 11 is 1.96. The lowest BCUT2D eigenvalue weighted by Crippen LogP contribution is -2.41. The zero-order valence-electron chi connectivity index (χ0n) is 12.2. The minimum atomic E-state index is 0.0559. The van der Waals surface area contributed by atoms with Crippen LogP contribution >= 0.6 is 11.8 Å². The molecule has 2 amide bonds. The minimum Gasteiger partial charge on any atom is -0.337 e. The van der Waals surface area contributed by atoms with Gasteiger partial charge in [0.2, 0.25) is 5.91 Å². The van der Waals surface area contributed by atoms with Gasteiger partial charge >= 0.3 is 0 Å². The summed E-state index contributed by atoms with van der Waals surface area (Å²) in [7, 11) is 0. The fourth-order valence-electron chi connectivity index (χ4n) is 2.85. The fourth-order valence-corrected chi connectivity index (χ4v) is 4.03. The molecule has 0 saturated carbocycles. The van der Waals surface area contributed by atoms with Crippen molar-refractivity contribution in [2.24, 2.45) is 0 Å². The molecular weight excluding hydrogens is 284 g/mol. The lowest BCUT2D eigenvalue weighted by molar-refractivity contribution is -0.116. The largest absolute Gasteiger partial charge is 0.337 e. The highest BCUT2D eigenvalue weighted by atomic mass is 32.2. The Morgan fingerprint density at radius 3 is 3.10 bits per heavy atom. The number of nitrogens with one attached hydrogen (secondary N) is 1. The Morgan fingerprint density at radius 1 is 1.43 bits per heavy atom. The number of hydrogen-bond acceptors (Lipinski definition) is 3. The van der Waals surface area contributed by atoms with E-state index in [2.05, 4.69) is 12.2 Å². The molecule has 0 aliphatic carbocycles. The van der Waals surface area contributed by atoms with Crippen LogP contribution in [-0.2, 0) is 11.2 Å². The average molecular weight is 304 g/mol. The van der Waals surface area contributed by atoms with Crippen molar-refractivity contribution in [1.29, 1.82) is 0 Å². The van der Waals surface area contributed by atoms with Gasteiger partial charge < -0.3 is 10.2 Å². The summed E-state index contributed by atoms with van der Waals surface area (Å²) in [6.45, 7) is 3.84. The molecule has 0 radical (unpaired) electrons. The van der Waals surface area contributed by atoms with Crippen LogP contribution < -0.4 is 5.32 Å². The molecule has 21 heavy (non-hydrogen) atoms. The smallest absolute Gasteiger partial charge is 0.253 e. The number of aryl methyl sites for hydroxylation is 1. The summed E-state index contributed by atoms with van der Waals surface area (Å²) in [5.74, 6) is 1.19. The van der Waals surface area contributed by atoms with E-state index >= 15 is 0 Å². The van der Waals surface area contributed by atoms with Crippen LogP contribution in [0.2, 0.25) is 0 Å². The van der Waals surface area contributed by atoms with E-state index in [0.29, 0.717) is 11.7 Å². The summed E-state index contributed by atoms with van der Waals surface area (Å²) in [4.78, 5) is 26.0. The first kappa shape index (κ1) is 14.4. The van der Waals surface area contributed by atoms with Crippen molar-refractivity contribution in [2.45, 2.75) is 31.4 Å².